The fourth-order valence-electron chi connectivity index (χ4n) is 1.06. The first kappa shape index (κ1) is 30.3. The van der Waals surface area contributed by atoms with Crippen molar-refractivity contribution in [2.45, 2.75) is 58.6 Å². The van der Waals surface area contributed by atoms with Gasteiger partial charge in [0.15, 0.2) is 0 Å². The number of carbonyl (C=O) groups is 6. The zero-order chi connectivity index (χ0) is 22.7. The highest BCUT2D eigenvalue weighted by Crippen LogP contribution is 1.94. The third-order valence-electron chi connectivity index (χ3n) is 2.44. The summed E-state index contributed by atoms with van der Waals surface area (Å²) in [5.41, 5.74) is 0. The van der Waals surface area contributed by atoms with E-state index in [2.05, 4.69) is 22.1 Å². The lowest BCUT2D eigenvalue weighted by Crippen LogP contribution is -2.20. The first-order chi connectivity index (χ1) is 12.9. The third-order valence-corrected chi connectivity index (χ3v) is 2.65. The maximum atomic E-state index is 10.8. The van der Waals surface area contributed by atoms with Crippen LogP contribution >= 0.6 is 12.6 Å². The number of ketones is 2. The van der Waals surface area contributed by atoms with Crippen molar-refractivity contribution in [2.24, 2.45) is 0 Å². The lowest BCUT2D eigenvalue weighted by Gasteiger charge is -2.01. The molecular weight excluding hydrogens is 396 g/mol. The zero-order valence-electron chi connectivity index (χ0n) is 16.4. The van der Waals surface area contributed by atoms with E-state index in [1.165, 1.54) is 0 Å². The van der Waals surface area contributed by atoms with Gasteiger partial charge in [-0.1, -0.05) is 6.92 Å². The number of carboxylic acids is 2. The standard InChI is InChI=1S/C8H12O4.C5H10O2S.C4H6O4/c1-3-6(9)5-7(10)8(11)12-4-2;1-3-7-5(6)4(2)8;5-3(6)1-2-4(7)8/h3-5H2,1-2H3;4,8H,3H2,1-2H3;1-2H2,(H,5,6)(H,7,8). The first-order valence-electron chi connectivity index (χ1n) is 8.42. The number of carbonyl (C=O) groups excluding carboxylic acids is 4. The van der Waals surface area contributed by atoms with E-state index in [-0.39, 0.29) is 49.3 Å². The highest BCUT2D eigenvalue weighted by atomic mass is 32.1. The molecule has 0 heterocycles. The predicted octanol–water partition coefficient (Wildman–Crippen LogP) is 1.29. The van der Waals surface area contributed by atoms with E-state index in [9.17, 15) is 28.8 Å². The van der Waals surface area contributed by atoms with Crippen LogP contribution in [0.15, 0.2) is 0 Å². The van der Waals surface area contributed by atoms with Gasteiger partial charge in [-0.2, -0.15) is 12.6 Å². The quantitative estimate of drug-likeness (QED) is 0.202. The number of esters is 2. The van der Waals surface area contributed by atoms with E-state index in [1.807, 2.05) is 0 Å². The molecule has 10 nitrogen and oxygen atoms in total. The number of rotatable bonds is 10. The molecule has 0 aliphatic carbocycles. The van der Waals surface area contributed by atoms with Gasteiger partial charge in [-0.15, -0.1) is 0 Å². The van der Waals surface area contributed by atoms with Crippen molar-refractivity contribution in [1.82, 2.24) is 0 Å². The highest BCUT2D eigenvalue weighted by Gasteiger charge is 2.17. The fourth-order valence-corrected chi connectivity index (χ4v) is 1.14. The molecule has 0 aromatic rings. The number of hydrogen-bond acceptors (Lipinski definition) is 9. The molecule has 28 heavy (non-hydrogen) atoms. The van der Waals surface area contributed by atoms with Gasteiger partial charge in [0.05, 0.1) is 37.7 Å². The SMILES string of the molecule is CCOC(=O)C(=O)CC(=O)CC.CCOC(=O)C(C)S.O=C(O)CCC(=O)O. The van der Waals surface area contributed by atoms with E-state index in [0.29, 0.717) is 6.61 Å². The van der Waals surface area contributed by atoms with Crippen LogP contribution in [0.3, 0.4) is 0 Å². The molecule has 0 saturated heterocycles. The van der Waals surface area contributed by atoms with Crippen molar-refractivity contribution >= 4 is 48.1 Å². The van der Waals surface area contributed by atoms with Crippen LogP contribution in [0.4, 0.5) is 0 Å². The first-order valence-corrected chi connectivity index (χ1v) is 8.94. The summed E-state index contributed by atoms with van der Waals surface area (Å²) in [6.45, 7) is 7.29. The van der Waals surface area contributed by atoms with Crippen LogP contribution in [0.2, 0.25) is 0 Å². The molecule has 0 aliphatic heterocycles. The molecule has 2 N–H and O–H groups in total. The molecule has 162 valence electrons. The van der Waals surface area contributed by atoms with Crippen molar-refractivity contribution in [3.05, 3.63) is 0 Å². The van der Waals surface area contributed by atoms with Gasteiger partial charge in [0.25, 0.3) is 0 Å². The Morgan fingerprint density at radius 3 is 1.54 bits per heavy atom. The Hall–Kier alpha value is -2.43. The van der Waals surface area contributed by atoms with Gasteiger partial charge >= 0.3 is 23.9 Å². The highest BCUT2D eigenvalue weighted by molar-refractivity contribution is 7.81. The van der Waals surface area contributed by atoms with Gasteiger partial charge < -0.3 is 19.7 Å². The van der Waals surface area contributed by atoms with Gasteiger partial charge in [0.2, 0.25) is 5.78 Å². The number of thiol groups is 1. The topological polar surface area (TPSA) is 161 Å². The van der Waals surface area contributed by atoms with Gasteiger partial charge in [-0.3, -0.25) is 24.0 Å². The minimum Gasteiger partial charge on any atom is -0.481 e. The van der Waals surface area contributed by atoms with Gasteiger partial charge in [-0.05, 0) is 20.8 Å². The van der Waals surface area contributed by atoms with Crippen LogP contribution in [0.25, 0.3) is 0 Å². The van der Waals surface area contributed by atoms with Crippen molar-refractivity contribution in [3.63, 3.8) is 0 Å². The Morgan fingerprint density at radius 2 is 1.29 bits per heavy atom. The summed E-state index contributed by atoms with van der Waals surface area (Å²) in [5, 5.41) is 15.5. The largest absolute Gasteiger partial charge is 0.481 e. The summed E-state index contributed by atoms with van der Waals surface area (Å²) in [4.78, 5) is 61.9. The smallest absolute Gasteiger partial charge is 0.375 e. The maximum Gasteiger partial charge on any atom is 0.375 e. The van der Waals surface area contributed by atoms with E-state index in [4.69, 9.17) is 10.2 Å². The van der Waals surface area contributed by atoms with Gasteiger partial charge in [0.1, 0.15) is 5.78 Å². The van der Waals surface area contributed by atoms with E-state index in [0.717, 1.165) is 0 Å². The molecule has 1 unspecified atom stereocenters. The summed E-state index contributed by atoms with van der Waals surface area (Å²) in [6, 6.07) is 0. The monoisotopic (exact) mass is 424 g/mol. The van der Waals surface area contributed by atoms with Gasteiger partial charge in [-0.25, -0.2) is 4.79 Å². The average molecular weight is 424 g/mol. The lowest BCUT2D eigenvalue weighted by atomic mass is 10.2. The molecule has 11 heteroatoms. The van der Waals surface area contributed by atoms with E-state index in [1.54, 1.807) is 27.7 Å². The van der Waals surface area contributed by atoms with E-state index >= 15 is 0 Å². The molecule has 0 spiro atoms. The van der Waals surface area contributed by atoms with E-state index < -0.39 is 23.7 Å². The Kier molecular flexibility index (Phi) is 20.9. The molecule has 0 fully saturated rings. The molecule has 1 atom stereocenters. The molecule has 0 aromatic carbocycles. The second-order valence-electron chi connectivity index (χ2n) is 4.93. The van der Waals surface area contributed by atoms with Crippen LogP contribution in [-0.2, 0) is 38.2 Å². The molecule has 0 amide bonds. The normalized spacial score (nSPS) is 10.0. The molecule has 0 aromatic heterocycles. The van der Waals surface area contributed by atoms with Crippen molar-refractivity contribution in [3.8, 4) is 0 Å². The Bertz CT molecular complexity index is 514. The summed E-state index contributed by atoms with van der Waals surface area (Å²) in [5.74, 6) is -4.33. The average Bonchev–Trinajstić information content (AvgIpc) is 2.61. The summed E-state index contributed by atoms with van der Waals surface area (Å²) < 4.78 is 9.00. The lowest BCUT2D eigenvalue weighted by molar-refractivity contribution is -0.154. The van der Waals surface area contributed by atoms with Gasteiger partial charge in [0, 0.05) is 6.42 Å². The van der Waals surface area contributed by atoms with Crippen molar-refractivity contribution in [1.29, 1.82) is 0 Å². The van der Waals surface area contributed by atoms with Crippen LogP contribution in [-0.4, -0.2) is 64.1 Å². The molecule has 0 saturated carbocycles. The Labute approximate surface area is 169 Å². The summed E-state index contributed by atoms with van der Waals surface area (Å²) in [6.07, 6.45) is -0.662. The number of carboxylic acid groups (broad SMARTS) is 2. The zero-order valence-corrected chi connectivity index (χ0v) is 17.3. The van der Waals surface area contributed by atoms with Crippen LogP contribution in [0.5, 0.6) is 0 Å². The predicted molar refractivity (Wildman–Crippen MR) is 101 cm³/mol. The summed E-state index contributed by atoms with van der Waals surface area (Å²) >= 11 is 3.85. The molecule has 0 bridgehead atoms. The second kappa shape index (κ2) is 19.3. The molecule has 0 aliphatic rings. The number of hydrogen-bond donors (Lipinski definition) is 3. The minimum atomic E-state index is -1.08. The van der Waals surface area contributed by atoms with Crippen LogP contribution in [0, 0.1) is 0 Å². The maximum absolute atomic E-state index is 10.8. The second-order valence-corrected chi connectivity index (χ2v) is 5.70. The molecular formula is C17H28O10S. The Balaban J connectivity index is -0.000000347. The number of ether oxygens (including phenoxy) is 2. The Morgan fingerprint density at radius 1 is 0.857 bits per heavy atom. The number of aliphatic carboxylic acids is 2. The van der Waals surface area contributed by atoms with Crippen molar-refractivity contribution in [2.75, 3.05) is 13.2 Å². The fraction of sp³-hybridized carbons (Fsp3) is 0.647. The number of Topliss-reactive ketones (excluding diaryl/α,β-unsaturated/α-hetero) is 2. The van der Waals surface area contributed by atoms with Crippen LogP contribution in [0.1, 0.15) is 53.4 Å². The van der Waals surface area contributed by atoms with Crippen LogP contribution < -0.4 is 0 Å². The van der Waals surface area contributed by atoms with Crippen molar-refractivity contribution < 1.29 is 48.5 Å². The third kappa shape index (κ3) is 23.6. The summed E-state index contributed by atoms with van der Waals surface area (Å²) in [7, 11) is 0. The molecule has 0 rings (SSSR count). The molecule has 0 radical (unpaired) electrons. The minimum absolute atomic E-state index is 0.158.